The van der Waals surface area contributed by atoms with Gasteiger partial charge in [0.1, 0.15) is 17.3 Å². The molecule has 168 valence electrons. The molecule has 8 nitrogen and oxygen atoms in total. The largest absolute Gasteiger partial charge is 0.366 e. The molecular weight excluding hydrogens is 430 g/mol. The number of nitrogens with zero attached hydrogens (tertiary/aromatic N) is 3. The fourth-order valence-electron chi connectivity index (χ4n) is 4.19. The van der Waals surface area contributed by atoms with Crippen molar-refractivity contribution < 1.29 is 18.4 Å². The molecule has 4 N–H and O–H groups in total. The number of pyridine rings is 1. The summed E-state index contributed by atoms with van der Waals surface area (Å²) in [6.07, 6.45) is 8.62. The summed E-state index contributed by atoms with van der Waals surface area (Å²) in [6, 6.07) is 3.80. The zero-order chi connectivity index (χ0) is 23.1. The zero-order valence-corrected chi connectivity index (χ0v) is 17.4. The predicted molar refractivity (Wildman–Crippen MR) is 117 cm³/mol. The van der Waals surface area contributed by atoms with Gasteiger partial charge in [0.15, 0.2) is 0 Å². The zero-order valence-electron chi connectivity index (χ0n) is 17.4. The van der Waals surface area contributed by atoms with Gasteiger partial charge in [0.05, 0.1) is 23.4 Å². The first kappa shape index (κ1) is 21.0. The van der Waals surface area contributed by atoms with E-state index in [-0.39, 0.29) is 5.56 Å². The van der Waals surface area contributed by atoms with E-state index in [1.165, 1.54) is 6.20 Å². The molecule has 3 aromatic heterocycles. The maximum atomic E-state index is 14.7. The number of hydrogen-bond acceptors (Lipinski definition) is 5. The molecule has 0 spiro atoms. The lowest BCUT2D eigenvalue weighted by Crippen LogP contribution is -2.29. The SMILES string of the molecule is NC(=O)c1ccc(F)c(C(=O)c2c[nH]c3ncc(-c4cnn(C5CCNCC5)c4)cc23)c1F. The summed E-state index contributed by atoms with van der Waals surface area (Å²) < 4.78 is 31.1. The number of piperidine rings is 1. The number of benzene rings is 1. The second-order valence-corrected chi connectivity index (χ2v) is 7.99. The van der Waals surface area contributed by atoms with Gasteiger partial charge in [-0.3, -0.25) is 14.3 Å². The van der Waals surface area contributed by atoms with Crippen molar-refractivity contribution in [1.29, 1.82) is 0 Å². The van der Waals surface area contributed by atoms with Crippen LogP contribution in [0.1, 0.15) is 45.2 Å². The van der Waals surface area contributed by atoms with Crippen LogP contribution >= 0.6 is 0 Å². The Morgan fingerprint density at radius 2 is 1.88 bits per heavy atom. The molecule has 5 rings (SSSR count). The molecule has 10 heteroatoms. The van der Waals surface area contributed by atoms with E-state index in [2.05, 4.69) is 20.4 Å². The van der Waals surface area contributed by atoms with Gasteiger partial charge in [0, 0.05) is 40.7 Å². The summed E-state index contributed by atoms with van der Waals surface area (Å²) in [5, 5.41) is 8.20. The molecule has 1 aliphatic heterocycles. The van der Waals surface area contributed by atoms with Gasteiger partial charge >= 0.3 is 0 Å². The van der Waals surface area contributed by atoms with Crippen LogP contribution in [0, 0.1) is 11.6 Å². The Morgan fingerprint density at radius 1 is 1.09 bits per heavy atom. The number of rotatable bonds is 5. The molecule has 4 aromatic rings. The number of nitrogens with two attached hydrogens (primary N) is 1. The Labute approximate surface area is 186 Å². The van der Waals surface area contributed by atoms with Gasteiger partial charge in [0.2, 0.25) is 5.78 Å². The van der Waals surface area contributed by atoms with Gasteiger partial charge in [-0.2, -0.15) is 5.10 Å². The van der Waals surface area contributed by atoms with Crippen LogP contribution in [0.4, 0.5) is 8.78 Å². The maximum Gasteiger partial charge on any atom is 0.251 e. The molecule has 0 radical (unpaired) electrons. The van der Waals surface area contributed by atoms with E-state index in [0.29, 0.717) is 22.6 Å². The molecule has 0 aliphatic carbocycles. The van der Waals surface area contributed by atoms with E-state index in [1.807, 2.05) is 10.9 Å². The lowest BCUT2D eigenvalue weighted by atomic mass is 9.98. The number of nitrogens with one attached hydrogen (secondary N) is 2. The third-order valence-corrected chi connectivity index (χ3v) is 5.98. The Kier molecular flexibility index (Phi) is 5.21. The van der Waals surface area contributed by atoms with Gasteiger partial charge in [0.25, 0.3) is 5.91 Å². The number of carbonyl (C=O) groups excluding carboxylic acids is 2. The van der Waals surface area contributed by atoms with Crippen LogP contribution in [-0.4, -0.2) is 44.5 Å². The summed E-state index contributed by atoms with van der Waals surface area (Å²) in [5.74, 6) is -4.36. The molecule has 0 saturated carbocycles. The quantitative estimate of drug-likeness (QED) is 0.404. The Hall–Kier alpha value is -3.92. The molecule has 1 aromatic carbocycles. The van der Waals surface area contributed by atoms with Crippen molar-refractivity contribution >= 4 is 22.7 Å². The number of amides is 1. The van der Waals surface area contributed by atoms with E-state index in [0.717, 1.165) is 43.6 Å². The van der Waals surface area contributed by atoms with Crippen molar-refractivity contribution in [3.8, 4) is 11.1 Å². The second-order valence-electron chi connectivity index (χ2n) is 7.99. The highest BCUT2D eigenvalue weighted by atomic mass is 19.1. The van der Waals surface area contributed by atoms with E-state index in [4.69, 9.17) is 5.73 Å². The maximum absolute atomic E-state index is 14.7. The molecule has 0 atom stereocenters. The summed E-state index contributed by atoms with van der Waals surface area (Å²) in [4.78, 5) is 31.7. The number of aromatic nitrogens is 4. The molecule has 1 amide bonds. The number of primary amides is 1. The number of aromatic amines is 1. The third kappa shape index (κ3) is 3.68. The first-order valence-electron chi connectivity index (χ1n) is 10.5. The monoisotopic (exact) mass is 450 g/mol. The number of carbonyl (C=O) groups is 2. The van der Waals surface area contributed by atoms with Crippen molar-refractivity contribution in [1.82, 2.24) is 25.1 Å². The first-order chi connectivity index (χ1) is 15.9. The summed E-state index contributed by atoms with van der Waals surface area (Å²) >= 11 is 0. The summed E-state index contributed by atoms with van der Waals surface area (Å²) in [6.45, 7) is 1.87. The molecule has 0 bridgehead atoms. The Balaban J connectivity index is 1.54. The standard InChI is InChI=1S/C23H20F2N6O2/c24-18-2-1-15(22(26)33)20(25)19(18)21(32)17-10-29-23-16(17)7-12(8-28-23)13-9-30-31(11-13)14-3-5-27-6-4-14/h1-2,7-11,14,27H,3-6H2,(H2,26,33)(H,28,29). The molecule has 1 fully saturated rings. The van der Waals surface area contributed by atoms with Crippen LogP contribution < -0.4 is 11.1 Å². The van der Waals surface area contributed by atoms with Crippen molar-refractivity contribution in [2.45, 2.75) is 18.9 Å². The van der Waals surface area contributed by atoms with Crippen LogP contribution in [0.5, 0.6) is 0 Å². The topological polar surface area (TPSA) is 119 Å². The van der Waals surface area contributed by atoms with E-state index in [9.17, 15) is 18.4 Å². The molecule has 0 unspecified atom stereocenters. The van der Waals surface area contributed by atoms with Gasteiger partial charge in [-0.05, 0) is 44.1 Å². The highest BCUT2D eigenvalue weighted by Crippen LogP contribution is 2.29. The minimum absolute atomic E-state index is 0.0320. The normalized spacial score (nSPS) is 14.6. The lowest BCUT2D eigenvalue weighted by molar-refractivity contribution is 0.0996. The van der Waals surface area contributed by atoms with Crippen LogP contribution in [0.3, 0.4) is 0 Å². The lowest BCUT2D eigenvalue weighted by Gasteiger charge is -2.22. The number of H-pyrrole nitrogens is 1. The van der Waals surface area contributed by atoms with Crippen molar-refractivity contribution in [3.05, 3.63) is 71.3 Å². The minimum atomic E-state index is -1.28. The van der Waals surface area contributed by atoms with Crippen LogP contribution in [0.2, 0.25) is 0 Å². The molecule has 1 saturated heterocycles. The highest BCUT2D eigenvalue weighted by molar-refractivity contribution is 6.17. The molecular formula is C23H20F2N6O2. The first-order valence-corrected chi connectivity index (χ1v) is 10.5. The number of halogens is 2. The number of hydrogen-bond donors (Lipinski definition) is 3. The van der Waals surface area contributed by atoms with Gasteiger partial charge < -0.3 is 16.0 Å². The van der Waals surface area contributed by atoms with Gasteiger partial charge in [-0.1, -0.05) is 0 Å². The van der Waals surface area contributed by atoms with E-state index >= 15 is 0 Å². The van der Waals surface area contributed by atoms with Crippen LogP contribution in [-0.2, 0) is 0 Å². The second kappa shape index (κ2) is 8.21. The average molecular weight is 450 g/mol. The van der Waals surface area contributed by atoms with Crippen molar-refractivity contribution in [3.63, 3.8) is 0 Å². The van der Waals surface area contributed by atoms with Gasteiger partial charge in [-0.15, -0.1) is 0 Å². The Morgan fingerprint density at radius 3 is 2.64 bits per heavy atom. The van der Waals surface area contributed by atoms with Gasteiger partial charge in [-0.25, -0.2) is 13.8 Å². The number of ketones is 1. The van der Waals surface area contributed by atoms with Crippen molar-refractivity contribution in [2.75, 3.05) is 13.1 Å². The fourth-order valence-corrected chi connectivity index (χ4v) is 4.19. The predicted octanol–water partition coefficient (Wildman–Crippen LogP) is 2.96. The fraction of sp³-hybridized carbons (Fsp3) is 0.217. The molecule has 4 heterocycles. The smallest absolute Gasteiger partial charge is 0.251 e. The number of fused-ring (bicyclic) bond motifs is 1. The minimum Gasteiger partial charge on any atom is -0.366 e. The highest BCUT2D eigenvalue weighted by Gasteiger charge is 2.26. The Bertz CT molecular complexity index is 1390. The average Bonchev–Trinajstić information content (AvgIpc) is 3.46. The summed E-state index contributed by atoms with van der Waals surface area (Å²) in [7, 11) is 0. The summed E-state index contributed by atoms with van der Waals surface area (Å²) in [5.41, 5.74) is 5.70. The van der Waals surface area contributed by atoms with E-state index in [1.54, 1.807) is 18.5 Å². The van der Waals surface area contributed by atoms with E-state index < -0.39 is 34.5 Å². The van der Waals surface area contributed by atoms with Crippen LogP contribution in [0.25, 0.3) is 22.2 Å². The third-order valence-electron chi connectivity index (χ3n) is 5.98. The molecule has 1 aliphatic rings. The molecule has 33 heavy (non-hydrogen) atoms. The van der Waals surface area contributed by atoms with Crippen LogP contribution in [0.15, 0.2) is 43.0 Å². The van der Waals surface area contributed by atoms with Crippen molar-refractivity contribution in [2.24, 2.45) is 5.73 Å².